The molecular formula is C13H24ClF3N2O3. The standard InChI is InChI=1S/C13H23F3N2O3.ClH/c1-4-21-9-7-12(17,11(9,2)3)10(19)18-5-6-20-8-13(14,15)16;/h9H,4-8,17H2,1-3H3,(H,18,19);1H. The van der Waals surface area contributed by atoms with Crippen LogP contribution in [0.1, 0.15) is 27.2 Å². The van der Waals surface area contributed by atoms with Gasteiger partial charge >= 0.3 is 6.18 Å². The van der Waals surface area contributed by atoms with Gasteiger partial charge in [-0.3, -0.25) is 4.79 Å². The van der Waals surface area contributed by atoms with Gasteiger partial charge in [-0.05, 0) is 6.92 Å². The number of alkyl halides is 3. The first-order chi connectivity index (χ1) is 9.54. The van der Waals surface area contributed by atoms with E-state index in [1.807, 2.05) is 20.8 Å². The summed E-state index contributed by atoms with van der Waals surface area (Å²) in [6.45, 7) is 4.54. The summed E-state index contributed by atoms with van der Waals surface area (Å²) in [6, 6.07) is 0. The summed E-state index contributed by atoms with van der Waals surface area (Å²) in [6.07, 6.45) is -4.07. The minimum atomic E-state index is -4.36. The zero-order valence-electron chi connectivity index (χ0n) is 13.0. The number of carbonyl (C=O) groups is 1. The Bertz CT molecular complexity index is 380. The maximum absolute atomic E-state index is 12.1. The van der Waals surface area contributed by atoms with Crippen molar-refractivity contribution in [1.29, 1.82) is 0 Å². The predicted octanol–water partition coefficient (Wildman–Crippen LogP) is 1.64. The van der Waals surface area contributed by atoms with Crippen LogP contribution in [-0.2, 0) is 14.3 Å². The number of halogens is 4. The Kier molecular flexibility index (Phi) is 7.61. The molecule has 5 nitrogen and oxygen atoms in total. The monoisotopic (exact) mass is 348 g/mol. The number of hydrogen-bond acceptors (Lipinski definition) is 4. The topological polar surface area (TPSA) is 73.6 Å². The summed E-state index contributed by atoms with van der Waals surface area (Å²) in [5, 5.41) is 2.52. The number of rotatable bonds is 7. The second-order valence-electron chi connectivity index (χ2n) is 5.76. The molecule has 1 rings (SSSR count). The summed E-state index contributed by atoms with van der Waals surface area (Å²) in [4.78, 5) is 12.1. The van der Waals surface area contributed by atoms with Gasteiger partial charge in [-0.25, -0.2) is 0 Å². The van der Waals surface area contributed by atoms with Crippen LogP contribution in [-0.4, -0.2) is 50.1 Å². The van der Waals surface area contributed by atoms with E-state index in [-0.39, 0.29) is 37.6 Å². The fourth-order valence-electron chi connectivity index (χ4n) is 2.40. The molecule has 0 aromatic rings. The Balaban J connectivity index is 0.00000441. The van der Waals surface area contributed by atoms with Gasteiger partial charge in [0.15, 0.2) is 0 Å². The SMILES string of the molecule is CCOC1CC(N)(C(=O)NCCOCC(F)(F)F)C1(C)C.Cl. The molecule has 22 heavy (non-hydrogen) atoms. The molecule has 0 spiro atoms. The largest absolute Gasteiger partial charge is 0.411 e. The molecule has 0 saturated heterocycles. The van der Waals surface area contributed by atoms with Crippen LogP contribution in [0.3, 0.4) is 0 Å². The summed E-state index contributed by atoms with van der Waals surface area (Å²) in [5.41, 5.74) is 4.52. The van der Waals surface area contributed by atoms with Crippen molar-refractivity contribution in [2.75, 3.05) is 26.4 Å². The fourth-order valence-corrected chi connectivity index (χ4v) is 2.40. The average Bonchev–Trinajstić information content (AvgIpc) is 2.36. The second-order valence-corrected chi connectivity index (χ2v) is 5.76. The molecule has 0 bridgehead atoms. The Hall–Kier alpha value is -0.570. The lowest BCUT2D eigenvalue weighted by Gasteiger charge is -2.57. The number of nitrogens with one attached hydrogen (secondary N) is 1. The maximum atomic E-state index is 12.1. The van der Waals surface area contributed by atoms with Crippen LogP contribution in [0.2, 0.25) is 0 Å². The van der Waals surface area contributed by atoms with E-state index in [0.717, 1.165) is 0 Å². The van der Waals surface area contributed by atoms with E-state index < -0.39 is 23.7 Å². The highest BCUT2D eigenvalue weighted by atomic mass is 35.5. The third kappa shape index (κ3) is 4.71. The molecule has 0 radical (unpaired) electrons. The number of hydrogen-bond donors (Lipinski definition) is 2. The summed E-state index contributed by atoms with van der Waals surface area (Å²) < 4.78 is 45.5. The van der Waals surface area contributed by atoms with Gasteiger partial charge in [0, 0.05) is 25.0 Å². The molecule has 2 unspecified atom stereocenters. The first-order valence-corrected chi connectivity index (χ1v) is 6.88. The minimum Gasteiger partial charge on any atom is -0.378 e. The van der Waals surface area contributed by atoms with Gasteiger partial charge in [0.2, 0.25) is 5.91 Å². The predicted molar refractivity (Wildman–Crippen MR) is 77.9 cm³/mol. The molecule has 1 saturated carbocycles. The number of carbonyl (C=O) groups excluding carboxylic acids is 1. The lowest BCUT2D eigenvalue weighted by atomic mass is 9.54. The average molecular weight is 349 g/mol. The van der Waals surface area contributed by atoms with Crippen molar-refractivity contribution < 1.29 is 27.4 Å². The Morgan fingerprint density at radius 2 is 2.00 bits per heavy atom. The minimum absolute atomic E-state index is 0. The normalized spacial score (nSPS) is 26.8. The quantitative estimate of drug-likeness (QED) is 0.686. The highest BCUT2D eigenvalue weighted by Crippen LogP contribution is 2.49. The van der Waals surface area contributed by atoms with Crippen molar-refractivity contribution in [2.24, 2.45) is 11.1 Å². The highest BCUT2D eigenvalue weighted by Gasteiger charge is 2.62. The molecule has 1 fully saturated rings. The lowest BCUT2D eigenvalue weighted by Crippen LogP contribution is -2.75. The molecule has 1 amide bonds. The molecule has 0 aromatic carbocycles. The van der Waals surface area contributed by atoms with Gasteiger partial charge in [0.25, 0.3) is 0 Å². The third-order valence-electron chi connectivity index (χ3n) is 4.03. The Morgan fingerprint density at radius 3 is 2.45 bits per heavy atom. The van der Waals surface area contributed by atoms with Crippen molar-refractivity contribution in [2.45, 2.75) is 45.0 Å². The molecule has 2 atom stereocenters. The Labute approximate surface area is 134 Å². The van der Waals surface area contributed by atoms with Crippen LogP contribution in [0.4, 0.5) is 13.2 Å². The molecule has 132 valence electrons. The second kappa shape index (κ2) is 7.81. The smallest absolute Gasteiger partial charge is 0.378 e. The van der Waals surface area contributed by atoms with Gasteiger partial charge in [-0.2, -0.15) is 13.2 Å². The van der Waals surface area contributed by atoms with Gasteiger partial charge in [-0.15, -0.1) is 12.4 Å². The van der Waals surface area contributed by atoms with Crippen LogP contribution in [0.5, 0.6) is 0 Å². The van der Waals surface area contributed by atoms with E-state index in [0.29, 0.717) is 13.0 Å². The summed E-state index contributed by atoms with van der Waals surface area (Å²) >= 11 is 0. The summed E-state index contributed by atoms with van der Waals surface area (Å²) in [7, 11) is 0. The van der Waals surface area contributed by atoms with E-state index in [9.17, 15) is 18.0 Å². The Morgan fingerprint density at radius 1 is 1.41 bits per heavy atom. The van der Waals surface area contributed by atoms with Gasteiger partial charge < -0.3 is 20.5 Å². The molecule has 9 heteroatoms. The van der Waals surface area contributed by atoms with E-state index in [2.05, 4.69) is 10.1 Å². The molecule has 0 aromatic heterocycles. The molecule has 0 heterocycles. The van der Waals surface area contributed by atoms with Crippen LogP contribution in [0, 0.1) is 5.41 Å². The van der Waals surface area contributed by atoms with E-state index in [1.165, 1.54) is 0 Å². The number of nitrogens with two attached hydrogens (primary N) is 1. The maximum Gasteiger partial charge on any atom is 0.411 e. The van der Waals surface area contributed by atoms with Gasteiger partial charge in [-0.1, -0.05) is 13.8 Å². The van der Waals surface area contributed by atoms with Crippen molar-refractivity contribution in [3.05, 3.63) is 0 Å². The molecule has 1 aliphatic rings. The number of amides is 1. The van der Waals surface area contributed by atoms with Crippen molar-refractivity contribution >= 4 is 18.3 Å². The third-order valence-corrected chi connectivity index (χ3v) is 4.03. The molecule has 3 N–H and O–H groups in total. The van der Waals surface area contributed by atoms with Crippen LogP contribution < -0.4 is 11.1 Å². The van der Waals surface area contributed by atoms with Crippen molar-refractivity contribution in [3.8, 4) is 0 Å². The van der Waals surface area contributed by atoms with Gasteiger partial charge in [0.1, 0.15) is 12.1 Å². The van der Waals surface area contributed by atoms with E-state index >= 15 is 0 Å². The molecule has 0 aliphatic heterocycles. The van der Waals surface area contributed by atoms with Crippen molar-refractivity contribution in [3.63, 3.8) is 0 Å². The first kappa shape index (κ1) is 21.4. The van der Waals surface area contributed by atoms with Crippen LogP contribution in [0.15, 0.2) is 0 Å². The number of ether oxygens (including phenoxy) is 2. The highest BCUT2D eigenvalue weighted by molar-refractivity contribution is 5.88. The zero-order chi connectivity index (χ0) is 16.3. The summed E-state index contributed by atoms with van der Waals surface area (Å²) in [5.74, 6) is -0.390. The van der Waals surface area contributed by atoms with Crippen LogP contribution in [0.25, 0.3) is 0 Å². The molecule has 1 aliphatic carbocycles. The lowest BCUT2D eigenvalue weighted by molar-refractivity contribution is -0.175. The van der Waals surface area contributed by atoms with Gasteiger partial charge in [0.05, 0.1) is 12.7 Å². The molecular weight excluding hydrogens is 325 g/mol. The zero-order valence-corrected chi connectivity index (χ0v) is 13.8. The fraction of sp³-hybridized carbons (Fsp3) is 0.923. The van der Waals surface area contributed by atoms with E-state index in [4.69, 9.17) is 10.5 Å². The first-order valence-electron chi connectivity index (χ1n) is 6.88. The van der Waals surface area contributed by atoms with E-state index in [1.54, 1.807) is 0 Å². The van der Waals surface area contributed by atoms with Crippen molar-refractivity contribution in [1.82, 2.24) is 5.32 Å². The van der Waals surface area contributed by atoms with Crippen LogP contribution >= 0.6 is 12.4 Å².